The minimum atomic E-state index is 0.397. The van der Waals surface area contributed by atoms with Crippen molar-refractivity contribution in [3.63, 3.8) is 0 Å². The van der Waals surface area contributed by atoms with Crippen molar-refractivity contribution in [2.24, 2.45) is 0 Å². The van der Waals surface area contributed by atoms with Gasteiger partial charge < -0.3 is 4.90 Å². The molecule has 0 unspecified atom stereocenters. The van der Waals surface area contributed by atoms with E-state index in [4.69, 9.17) is 0 Å². The Balaban J connectivity index is 3.21. The third-order valence-electron chi connectivity index (χ3n) is 0.984. The molecule has 0 saturated carbocycles. The molecule has 3 heteroatoms. The standard InChI is InChI=1S/C7H16INS/c1-7(2,8)10-6-5-9(3)4/h5-6H2,1-4H3. The van der Waals surface area contributed by atoms with E-state index in [0.717, 1.165) is 0 Å². The largest absolute Gasteiger partial charge is 0.309 e. The fourth-order valence-corrected chi connectivity index (χ4v) is 2.07. The van der Waals surface area contributed by atoms with Crippen molar-refractivity contribution in [3.05, 3.63) is 0 Å². The molecule has 0 fully saturated rings. The normalized spacial score (nSPS) is 12.6. The molecule has 0 heterocycles. The van der Waals surface area contributed by atoms with Gasteiger partial charge in [-0.15, -0.1) is 11.8 Å². The number of halogens is 1. The van der Waals surface area contributed by atoms with E-state index < -0.39 is 0 Å². The highest BCUT2D eigenvalue weighted by Gasteiger charge is 2.11. The maximum Gasteiger partial charge on any atom is 0.0617 e. The van der Waals surface area contributed by atoms with Gasteiger partial charge in [0.25, 0.3) is 0 Å². The number of hydrogen-bond acceptors (Lipinski definition) is 2. The molecule has 0 spiro atoms. The van der Waals surface area contributed by atoms with Crippen molar-refractivity contribution in [1.29, 1.82) is 0 Å². The minimum Gasteiger partial charge on any atom is -0.309 e. The molecule has 1 nitrogen and oxygen atoms in total. The van der Waals surface area contributed by atoms with E-state index in [9.17, 15) is 0 Å². The summed E-state index contributed by atoms with van der Waals surface area (Å²) < 4.78 is 0.397. The molecule has 0 aliphatic rings. The first-order valence-electron chi connectivity index (χ1n) is 3.39. The van der Waals surface area contributed by atoms with Gasteiger partial charge in [0.15, 0.2) is 0 Å². The lowest BCUT2D eigenvalue weighted by atomic mass is 10.6. The Kier molecular flexibility index (Phi) is 5.33. The monoisotopic (exact) mass is 273 g/mol. The second-order valence-corrected chi connectivity index (χ2v) is 8.16. The van der Waals surface area contributed by atoms with E-state index in [1.807, 2.05) is 11.8 Å². The van der Waals surface area contributed by atoms with Crippen LogP contribution in [0.5, 0.6) is 0 Å². The highest BCUT2D eigenvalue weighted by molar-refractivity contribution is 14.1. The molecule has 0 saturated heterocycles. The summed E-state index contributed by atoms with van der Waals surface area (Å²) in [6.45, 7) is 5.67. The number of alkyl halides is 1. The first-order valence-corrected chi connectivity index (χ1v) is 5.46. The maximum absolute atomic E-state index is 2.47. The van der Waals surface area contributed by atoms with Crippen LogP contribution in [0, 0.1) is 0 Å². The van der Waals surface area contributed by atoms with E-state index in [1.54, 1.807) is 0 Å². The van der Waals surface area contributed by atoms with Crippen LogP contribution < -0.4 is 0 Å². The molecule has 0 radical (unpaired) electrons. The fraction of sp³-hybridized carbons (Fsp3) is 1.00. The zero-order valence-corrected chi connectivity index (χ0v) is 10.1. The Bertz CT molecular complexity index is 88.1. The van der Waals surface area contributed by atoms with E-state index in [0.29, 0.717) is 2.75 Å². The van der Waals surface area contributed by atoms with Crippen LogP contribution in [0.2, 0.25) is 0 Å². The molecule has 0 aliphatic heterocycles. The Morgan fingerprint density at radius 1 is 1.40 bits per heavy atom. The maximum atomic E-state index is 2.47. The number of hydrogen-bond donors (Lipinski definition) is 0. The molecular weight excluding hydrogens is 257 g/mol. The van der Waals surface area contributed by atoms with Crippen LogP contribution in [-0.2, 0) is 0 Å². The van der Waals surface area contributed by atoms with Crippen molar-refractivity contribution < 1.29 is 0 Å². The summed E-state index contributed by atoms with van der Waals surface area (Å²) in [6, 6.07) is 0. The van der Waals surface area contributed by atoms with Crippen molar-refractivity contribution in [2.45, 2.75) is 16.6 Å². The zero-order chi connectivity index (χ0) is 8.20. The summed E-state index contributed by atoms with van der Waals surface area (Å²) in [5.74, 6) is 1.23. The van der Waals surface area contributed by atoms with Gasteiger partial charge in [-0.1, -0.05) is 22.6 Å². The van der Waals surface area contributed by atoms with E-state index in [2.05, 4.69) is 55.4 Å². The molecule has 0 atom stereocenters. The van der Waals surface area contributed by atoms with E-state index >= 15 is 0 Å². The third kappa shape index (κ3) is 9.04. The topological polar surface area (TPSA) is 3.24 Å². The minimum absolute atomic E-state index is 0.397. The number of rotatable bonds is 4. The Hall–Kier alpha value is 1.04. The molecule has 62 valence electrons. The predicted octanol–water partition coefficient (Wildman–Crippen LogP) is 2.45. The molecular formula is C7H16INS. The summed E-state index contributed by atoms with van der Waals surface area (Å²) in [7, 11) is 4.22. The molecule has 0 aromatic heterocycles. The average molecular weight is 273 g/mol. The Morgan fingerprint density at radius 2 is 1.90 bits per heavy atom. The Labute approximate surface area is 82.1 Å². The third-order valence-corrected chi connectivity index (χ3v) is 2.99. The quantitative estimate of drug-likeness (QED) is 0.572. The lowest BCUT2D eigenvalue weighted by Crippen LogP contribution is -2.17. The highest BCUT2D eigenvalue weighted by atomic mass is 127. The smallest absolute Gasteiger partial charge is 0.0617 e. The molecule has 0 amide bonds. The van der Waals surface area contributed by atoms with Crippen molar-refractivity contribution in [2.75, 3.05) is 26.4 Å². The highest BCUT2D eigenvalue weighted by Crippen LogP contribution is 2.30. The van der Waals surface area contributed by atoms with Crippen LogP contribution in [0.4, 0.5) is 0 Å². The predicted molar refractivity (Wildman–Crippen MR) is 59.1 cm³/mol. The van der Waals surface area contributed by atoms with Gasteiger partial charge in [-0.2, -0.15) is 0 Å². The van der Waals surface area contributed by atoms with Gasteiger partial charge in [-0.3, -0.25) is 0 Å². The first kappa shape index (κ1) is 11.0. The fourth-order valence-electron chi connectivity index (χ4n) is 0.471. The number of nitrogens with zero attached hydrogens (tertiary/aromatic N) is 1. The van der Waals surface area contributed by atoms with Gasteiger partial charge in [0.2, 0.25) is 0 Å². The lowest BCUT2D eigenvalue weighted by molar-refractivity contribution is 0.437. The van der Waals surface area contributed by atoms with Gasteiger partial charge in [-0.05, 0) is 27.9 Å². The summed E-state index contributed by atoms with van der Waals surface area (Å²) in [5.41, 5.74) is 0. The summed E-state index contributed by atoms with van der Waals surface area (Å²) in [5, 5.41) is 0. The van der Waals surface area contributed by atoms with Gasteiger partial charge >= 0.3 is 0 Å². The first-order chi connectivity index (χ1) is 4.42. The van der Waals surface area contributed by atoms with Gasteiger partial charge in [-0.25, -0.2) is 0 Å². The van der Waals surface area contributed by atoms with Crippen LogP contribution in [-0.4, -0.2) is 34.0 Å². The average Bonchev–Trinajstić information content (AvgIpc) is 1.59. The molecule has 0 aromatic carbocycles. The second-order valence-electron chi connectivity index (χ2n) is 3.02. The van der Waals surface area contributed by atoms with Crippen LogP contribution in [0.15, 0.2) is 0 Å². The van der Waals surface area contributed by atoms with Crippen LogP contribution in [0.3, 0.4) is 0 Å². The molecule has 0 N–H and O–H groups in total. The van der Waals surface area contributed by atoms with Crippen molar-refractivity contribution in [1.82, 2.24) is 4.90 Å². The van der Waals surface area contributed by atoms with Gasteiger partial charge in [0.1, 0.15) is 0 Å². The molecule has 0 rings (SSSR count). The lowest BCUT2D eigenvalue weighted by Gasteiger charge is -2.17. The van der Waals surface area contributed by atoms with Gasteiger partial charge in [0.05, 0.1) is 2.75 Å². The van der Waals surface area contributed by atoms with E-state index in [1.165, 1.54) is 12.3 Å². The molecule has 0 bridgehead atoms. The van der Waals surface area contributed by atoms with Crippen molar-refractivity contribution >= 4 is 34.4 Å². The summed E-state index contributed by atoms with van der Waals surface area (Å²) >= 11 is 4.47. The molecule has 0 aromatic rings. The van der Waals surface area contributed by atoms with Gasteiger partial charge in [0, 0.05) is 12.3 Å². The van der Waals surface area contributed by atoms with E-state index in [-0.39, 0.29) is 0 Å². The number of thioether (sulfide) groups is 1. The zero-order valence-electron chi connectivity index (χ0n) is 7.15. The summed E-state index contributed by atoms with van der Waals surface area (Å²) in [6.07, 6.45) is 0. The molecule has 0 aliphatic carbocycles. The van der Waals surface area contributed by atoms with Crippen LogP contribution >= 0.6 is 34.4 Å². The SMILES string of the molecule is CN(C)CCSC(C)(C)I. The second kappa shape index (κ2) is 4.83. The molecule has 10 heavy (non-hydrogen) atoms. The van der Waals surface area contributed by atoms with Crippen LogP contribution in [0.25, 0.3) is 0 Å². The Morgan fingerprint density at radius 3 is 2.20 bits per heavy atom. The van der Waals surface area contributed by atoms with Crippen molar-refractivity contribution in [3.8, 4) is 0 Å². The van der Waals surface area contributed by atoms with Crippen LogP contribution in [0.1, 0.15) is 13.8 Å². The summed E-state index contributed by atoms with van der Waals surface area (Å²) in [4.78, 5) is 2.22.